The van der Waals surface area contributed by atoms with E-state index in [1.54, 1.807) is 12.1 Å². The van der Waals surface area contributed by atoms with Gasteiger partial charge in [0.25, 0.3) is 0 Å². The highest BCUT2D eigenvalue weighted by Crippen LogP contribution is 2.29. The maximum atomic E-state index is 12.6. The average molecular weight is 290 g/mol. The van der Waals surface area contributed by atoms with E-state index in [9.17, 15) is 13.2 Å². The zero-order valence-electron chi connectivity index (χ0n) is 10.6. The van der Waals surface area contributed by atoms with Crippen LogP contribution in [0, 0.1) is 0 Å². The van der Waals surface area contributed by atoms with Crippen LogP contribution in [0.2, 0.25) is 0 Å². The van der Waals surface area contributed by atoms with E-state index in [4.69, 9.17) is 4.74 Å². The largest absolute Gasteiger partial charge is 0.433 e. The van der Waals surface area contributed by atoms with Gasteiger partial charge in [-0.1, -0.05) is 30.3 Å². The Bertz CT molecular complexity index is 787. The Morgan fingerprint density at radius 1 is 0.905 bits per heavy atom. The molecule has 0 aliphatic carbocycles. The fourth-order valence-corrected chi connectivity index (χ4v) is 1.88. The smallest absolute Gasteiger partial charge is 0.424 e. The second kappa shape index (κ2) is 5.05. The third-order valence-electron chi connectivity index (χ3n) is 2.85. The maximum absolute atomic E-state index is 12.6. The lowest BCUT2D eigenvalue weighted by molar-refractivity contribution is -0.141. The van der Waals surface area contributed by atoms with Gasteiger partial charge < -0.3 is 4.74 Å². The van der Waals surface area contributed by atoms with Gasteiger partial charge in [0.15, 0.2) is 5.69 Å². The molecule has 3 rings (SSSR count). The number of nitrogens with zero attached hydrogens (tertiary/aromatic N) is 2. The molecule has 0 radical (unpaired) electrons. The molecule has 0 aliphatic rings. The van der Waals surface area contributed by atoms with Crippen LogP contribution >= 0.6 is 0 Å². The first-order chi connectivity index (χ1) is 10.0. The molecule has 0 amide bonds. The summed E-state index contributed by atoms with van der Waals surface area (Å²) in [4.78, 5) is 7.06. The van der Waals surface area contributed by atoms with Crippen molar-refractivity contribution in [1.29, 1.82) is 0 Å². The second-order valence-corrected chi connectivity index (χ2v) is 4.33. The number of hydrogen-bond acceptors (Lipinski definition) is 3. The predicted molar refractivity (Wildman–Crippen MR) is 71.1 cm³/mol. The zero-order valence-corrected chi connectivity index (χ0v) is 10.6. The molecule has 1 aromatic heterocycles. The molecule has 0 N–H and O–H groups in total. The molecule has 0 bridgehead atoms. The number of hydrogen-bond donors (Lipinski definition) is 0. The topological polar surface area (TPSA) is 35.0 Å². The summed E-state index contributed by atoms with van der Waals surface area (Å²) in [5.74, 6) is 0.382. The highest BCUT2D eigenvalue weighted by Gasteiger charge is 2.33. The molecule has 0 saturated heterocycles. The van der Waals surface area contributed by atoms with Crippen LogP contribution in [0.25, 0.3) is 10.8 Å². The lowest BCUT2D eigenvalue weighted by atomic mass is 10.1. The summed E-state index contributed by atoms with van der Waals surface area (Å²) in [6, 6.07) is 13.2. The van der Waals surface area contributed by atoms with E-state index < -0.39 is 11.9 Å². The lowest BCUT2D eigenvalue weighted by Gasteiger charge is -2.08. The van der Waals surface area contributed by atoms with Gasteiger partial charge in [-0.05, 0) is 29.0 Å². The summed E-state index contributed by atoms with van der Waals surface area (Å²) in [5, 5.41) is 1.93. The van der Waals surface area contributed by atoms with Crippen LogP contribution in [-0.4, -0.2) is 9.97 Å². The minimum atomic E-state index is -4.52. The Morgan fingerprint density at radius 3 is 2.43 bits per heavy atom. The molecule has 1 heterocycles. The van der Waals surface area contributed by atoms with Gasteiger partial charge in [0.2, 0.25) is 0 Å². The Labute approximate surface area is 118 Å². The van der Waals surface area contributed by atoms with Crippen LogP contribution in [0.4, 0.5) is 13.2 Å². The van der Waals surface area contributed by atoms with Crippen LogP contribution in [0.5, 0.6) is 11.8 Å². The molecule has 0 atom stereocenters. The third-order valence-corrected chi connectivity index (χ3v) is 2.85. The van der Waals surface area contributed by atoms with Crippen molar-refractivity contribution in [2.75, 3.05) is 0 Å². The fraction of sp³-hybridized carbons (Fsp3) is 0.0667. The highest BCUT2D eigenvalue weighted by molar-refractivity contribution is 5.83. The second-order valence-electron chi connectivity index (χ2n) is 4.33. The van der Waals surface area contributed by atoms with Gasteiger partial charge in [-0.2, -0.15) is 18.2 Å². The van der Waals surface area contributed by atoms with Crippen LogP contribution in [0.1, 0.15) is 5.69 Å². The first kappa shape index (κ1) is 13.4. The van der Waals surface area contributed by atoms with Crippen molar-refractivity contribution in [2.24, 2.45) is 0 Å². The monoisotopic (exact) mass is 290 g/mol. The van der Waals surface area contributed by atoms with Gasteiger partial charge in [0.1, 0.15) is 5.75 Å². The minimum absolute atomic E-state index is 0.333. The van der Waals surface area contributed by atoms with Gasteiger partial charge >= 0.3 is 12.2 Å². The first-order valence-corrected chi connectivity index (χ1v) is 6.09. The average Bonchev–Trinajstić information content (AvgIpc) is 2.46. The molecule has 0 unspecified atom stereocenters. The molecule has 2 aromatic carbocycles. The number of benzene rings is 2. The van der Waals surface area contributed by atoms with Crippen LogP contribution in [-0.2, 0) is 6.18 Å². The van der Waals surface area contributed by atoms with Crippen LogP contribution < -0.4 is 4.74 Å². The summed E-state index contributed by atoms with van der Waals surface area (Å²) in [5.41, 5.74) is -1.03. The number of aromatic nitrogens is 2. The molecular weight excluding hydrogens is 281 g/mol. The van der Waals surface area contributed by atoms with E-state index >= 15 is 0 Å². The van der Waals surface area contributed by atoms with Gasteiger partial charge in [-0.3, -0.25) is 0 Å². The normalized spacial score (nSPS) is 11.6. The molecular formula is C15H9F3N2O. The zero-order chi connectivity index (χ0) is 14.9. The fourth-order valence-electron chi connectivity index (χ4n) is 1.88. The standard InChI is InChI=1S/C15H9F3N2O/c16-15(17,18)13-7-8-19-14(20-13)21-12-6-5-10-3-1-2-4-11(10)9-12/h1-9H. The Kier molecular flexibility index (Phi) is 3.21. The summed E-state index contributed by atoms with van der Waals surface area (Å²) in [6.45, 7) is 0. The molecule has 3 nitrogen and oxygen atoms in total. The van der Waals surface area contributed by atoms with E-state index in [0.29, 0.717) is 5.75 Å². The SMILES string of the molecule is FC(F)(F)c1ccnc(Oc2ccc3ccccc3c2)n1. The van der Waals surface area contributed by atoms with E-state index in [1.165, 1.54) is 0 Å². The van der Waals surface area contributed by atoms with Crippen molar-refractivity contribution in [3.8, 4) is 11.8 Å². The predicted octanol–water partition coefficient (Wildman–Crippen LogP) is 4.44. The molecule has 0 aliphatic heterocycles. The van der Waals surface area contributed by atoms with Crippen LogP contribution in [0.3, 0.4) is 0 Å². The summed E-state index contributed by atoms with van der Waals surface area (Å²) in [6.07, 6.45) is -3.50. The van der Waals surface area contributed by atoms with Gasteiger partial charge in [0, 0.05) is 6.20 Å². The highest BCUT2D eigenvalue weighted by atomic mass is 19.4. The molecule has 3 aromatic rings. The lowest BCUT2D eigenvalue weighted by Crippen LogP contribution is -2.08. The summed E-state index contributed by atoms with van der Waals surface area (Å²) >= 11 is 0. The number of ether oxygens (including phenoxy) is 1. The van der Waals surface area contributed by atoms with Crippen molar-refractivity contribution in [2.45, 2.75) is 6.18 Å². The first-order valence-electron chi connectivity index (χ1n) is 6.09. The van der Waals surface area contributed by atoms with Crippen molar-refractivity contribution in [3.05, 3.63) is 60.4 Å². The Balaban J connectivity index is 1.91. The van der Waals surface area contributed by atoms with E-state index in [-0.39, 0.29) is 6.01 Å². The molecule has 106 valence electrons. The quantitative estimate of drug-likeness (QED) is 0.699. The molecule has 21 heavy (non-hydrogen) atoms. The summed E-state index contributed by atoms with van der Waals surface area (Å²) in [7, 11) is 0. The molecule has 0 saturated carbocycles. The van der Waals surface area contributed by atoms with Crippen molar-refractivity contribution in [1.82, 2.24) is 9.97 Å². The van der Waals surface area contributed by atoms with E-state index in [1.807, 2.05) is 30.3 Å². The molecule has 0 fully saturated rings. The molecule has 0 spiro atoms. The number of halogens is 3. The Hall–Kier alpha value is -2.63. The van der Waals surface area contributed by atoms with Crippen molar-refractivity contribution >= 4 is 10.8 Å². The van der Waals surface area contributed by atoms with E-state index in [0.717, 1.165) is 23.0 Å². The Morgan fingerprint density at radius 2 is 1.67 bits per heavy atom. The number of alkyl halides is 3. The van der Waals surface area contributed by atoms with Gasteiger partial charge in [-0.25, -0.2) is 4.98 Å². The number of rotatable bonds is 2. The van der Waals surface area contributed by atoms with Crippen LogP contribution in [0.15, 0.2) is 54.7 Å². The number of fused-ring (bicyclic) bond motifs is 1. The maximum Gasteiger partial charge on any atom is 0.433 e. The third kappa shape index (κ3) is 2.94. The van der Waals surface area contributed by atoms with Gasteiger partial charge in [0.05, 0.1) is 0 Å². The summed E-state index contributed by atoms with van der Waals surface area (Å²) < 4.78 is 43.0. The van der Waals surface area contributed by atoms with Crippen molar-refractivity contribution < 1.29 is 17.9 Å². The van der Waals surface area contributed by atoms with E-state index in [2.05, 4.69) is 9.97 Å². The molecule has 6 heteroatoms. The van der Waals surface area contributed by atoms with Crippen molar-refractivity contribution in [3.63, 3.8) is 0 Å². The minimum Gasteiger partial charge on any atom is -0.424 e. The van der Waals surface area contributed by atoms with Gasteiger partial charge in [-0.15, -0.1) is 0 Å².